The average Bonchev–Trinajstić information content (AvgIpc) is 2.61. The van der Waals surface area contributed by atoms with Crippen molar-refractivity contribution in [2.24, 2.45) is 5.16 Å². The van der Waals surface area contributed by atoms with E-state index >= 15 is 0 Å². The molecule has 0 fully saturated rings. The van der Waals surface area contributed by atoms with E-state index in [1.54, 1.807) is 7.11 Å². The highest BCUT2D eigenvalue weighted by Gasteiger charge is 2.15. The molecular formula is C18H20N2O3S. The molecule has 0 aliphatic carbocycles. The Morgan fingerprint density at radius 3 is 2.54 bits per heavy atom. The maximum Gasteiger partial charge on any atom is 0.154 e. The number of anilines is 1. The molecule has 126 valence electrons. The standard InChI is InChI=1S/C18H20N2O3S/c1-14-8-4-7-11-17(14)23-13-15-9-5-6-10-16(15)20(22-3)18(24)12-19-21-2/h4-12H,13H2,1-3H3. The Morgan fingerprint density at radius 1 is 1.12 bits per heavy atom. The highest BCUT2D eigenvalue weighted by atomic mass is 32.1. The summed E-state index contributed by atoms with van der Waals surface area (Å²) in [5.41, 5.74) is 2.82. The number of hydrogen-bond acceptors (Lipinski definition) is 5. The number of hydrogen-bond donors (Lipinski definition) is 0. The lowest BCUT2D eigenvalue weighted by atomic mass is 10.2. The maximum absolute atomic E-state index is 5.94. The summed E-state index contributed by atoms with van der Waals surface area (Å²) in [6.45, 7) is 2.41. The first-order chi connectivity index (χ1) is 11.7. The van der Waals surface area contributed by atoms with Crippen LogP contribution in [0.25, 0.3) is 0 Å². The normalized spacial score (nSPS) is 10.6. The van der Waals surface area contributed by atoms with Crippen molar-refractivity contribution >= 4 is 29.1 Å². The Hall–Kier alpha value is -2.44. The van der Waals surface area contributed by atoms with Gasteiger partial charge in [-0.05, 0) is 24.6 Å². The van der Waals surface area contributed by atoms with Gasteiger partial charge in [-0.2, -0.15) is 0 Å². The van der Waals surface area contributed by atoms with Gasteiger partial charge >= 0.3 is 0 Å². The molecule has 0 atom stereocenters. The summed E-state index contributed by atoms with van der Waals surface area (Å²) in [5, 5.41) is 5.19. The molecule has 0 heterocycles. The molecule has 0 aromatic heterocycles. The van der Waals surface area contributed by atoms with Crippen molar-refractivity contribution in [2.45, 2.75) is 13.5 Å². The van der Waals surface area contributed by atoms with E-state index in [1.807, 2.05) is 55.5 Å². The number of hydroxylamine groups is 1. The Labute approximate surface area is 147 Å². The van der Waals surface area contributed by atoms with Crippen molar-refractivity contribution in [3.63, 3.8) is 0 Å². The van der Waals surface area contributed by atoms with Gasteiger partial charge in [0.15, 0.2) is 4.99 Å². The van der Waals surface area contributed by atoms with Gasteiger partial charge in [0.1, 0.15) is 25.7 Å². The molecule has 2 aromatic carbocycles. The lowest BCUT2D eigenvalue weighted by Crippen LogP contribution is -2.30. The smallest absolute Gasteiger partial charge is 0.154 e. The molecule has 0 aliphatic heterocycles. The van der Waals surface area contributed by atoms with Crippen LogP contribution in [0.4, 0.5) is 5.69 Å². The van der Waals surface area contributed by atoms with Gasteiger partial charge in [-0.15, -0.1) is 0 Å². The Kier molecular flexibility index (Phi) is 6.72. The second kappa shape index (κ2) is 9.00. The van der Waals surface area contributed by atoms with Gasteiger partial charge in [0, 0.05) is 5.56 Å². The van der Waals surface area contributed by atoms with Crippen molar-refractivity contribution in [2.75, 3.05) is 19.3 Å². The third-order valence-electron chi connectivity index (χ3n) is 3.34. The third kappa shape index (κ3) is 4.53. The topological polar surface area (TPSA) is 43.3 Å². The molecule has 24 heavy (non-hydrogen) atoms. The summed E-state index contributed by atoms with van der Waals surface area (Å²) in [4.78, 5) is 10.4. The van der Waals surface area contributed by atoms with Crippen molar-refractivity contribution in [1.82, 2.24) is 0 Å². The fourth-order valence-electron chi connectivity index (χ4n) is 2.16. The first kappa shape index (κ1) is 17.9. The van der Waals surface area contributed by atoms with Crippen LogP contribution in [-0.2, 0) is 16.3 Å². The predicted octanol–water partition coefficient (Wildman–Crippen LogP) is 3.90. The first-order valence-corrected chi connectivity index (χ1v) is 7.79. The summed E-state index contributed by atoms with van der Waals surface area (Å²) in [5.74, 6) is 0.847. The molecule has 0 aliphatic rings. The Morgan fingerprint density at radius 2 is 1.83 bits per heavy atom. The van der Waals surface area contributed by atoms with Crippen LogP contribution in [-0.4, -0.2) is 25.4 Å². The van der Waals surface area contributed by atoms with Gasteiger partial charge in [0.05, 0.1) is 12.8 Å². The van der Waals surface area contributed by atoms with E-state index < -0.39 is 0 Å². The van der Waals surface area contributed by atoms with Gasteiger partial charge in [0.25, 0.3) is 0 Å². The van der Waals surface area contributed by atoms with E-state index in [2.05, 4.69) is 9.99 Å². The molecule has 2 rings (SSSR count). The fraction of sp³-hybridized carbons (Fsp3) is 0.222. The number of nitrogens with zero attached hydrogens (tertiary/aromatic N) is 2. The van der Waals surface area contributed by atoms with Crippen LogP contribution in [0, 0.1) is 6.92 Å². The summed E-state index contributed by atoms with van der Waals surface area (Å²) in [7, 11) is 3.01. The maximum atomic E-state index is 5.94. The zero-order chi connectivity index (χ0) is 17.4. The van der Waals surface area contributed by atoms with Crippen LogP contribution in [0.2, 0.25) is 0 Å². The minimum Gasteiger partial charge on any atom is -0.489 e. The molecular weight excluding hydrogens is 324 g/mol. The van der Waals surface area contributed by atoms with E-state index in [9.17, 15) is 0 Å². The van der Waals surface area contributed by atoms with Gasteiger partial charge in [-0.3, -0.25) is 4.84 Å². The third-order valence-corrected chi connectivity index (χ3v) is 3.61. The molecule has 0 N–H and O–H groups in total. The van der Waals surface area contributed by atoms with E-state index in [0.29, 0.717) is 11.6 Å². The van der Waals surface area contributed by atoms with Crippen molar-refractivity contribution in [3.05, 3.63) is 59.7 Å². The summed E-state index contributed by atoms with van der Waals surface area (Å²) >= 11 is 5.31. The quantitative estimate of drug-likeness (QED) is 0.433. The second-order valence-electron chi connectivity index (χ2n) is 4.92. The molecule has 0 saturated heterocycles. The molecule has 5 nitrogen and oxygen atoms in total. The summed E-state index contributed by atoms with van der Waals surface area (Å²) in [6.07, 6.45) is 1.41. The largest absolute Gasteiger partial charge is 0.489 e. The molecule has 0 spiro atoms. The molecule has 0 saturated carbocycles. The first-order valence-electron chi connectivity index (χ1n) is 7.38. The highest BCUT2D eigenvalue weighted by molar-refractivity contribution is 7.82. The zero-order valence-electron chi connectivity index (χ0n) is 13.9. The minimum atomic E-state index is 0.377. The fourth-order valence-corrected chi connectivity index (χ4v) is 2.38. The van der Waals surface area contributed by atoms with E-state index in [1.165, 1.54) is 18.4 Å². The number of para-hydroxylation sites is 2. The van der Waals surface area contributed by atoms with Gasteiger partial charge in [0.2, 0.25) is 0 Å². The number of ether oxygens (including phenoxy) is 1. The molecule has 0 amide bonds. The van der Waals surface area contributed by atoms with E-state index in [4.69, 9.17) is 21.8 Å². The van der Waals surface area contributed by atoms with Gasteiger partial charge in [-0.1, -0.05) is 53.8 Å². The van der Waals surface area contributed by atoms with E-state index in [-0.39, 0.29) is 0 Å². The average molecular weight is 344 g/mol. The number of rotatable bonds is 7. The number of thiocarbonyl (C=S) groups is 1. The van der Waals surface area contributed by atoms with Crippen LogP contribution in [0.3, 0.4) is 0 Å². The lowest BCUT2D eigenvalue weighted by molar-refractivity contribution is 0.208. The number of oxime groups is 1. The molecule has 6 heteroatoms. The molecule has 0 bridgehead atoms. The summed E-state index contributed by atoms with van der Waals surface area (Å²) in [6, 6.07) is 15.6. The van der Waals surface area contributed by atoms with Crippen LogP contribution < -0.4 is 9.80 Å². The lowest BCUT2D eigenvalue weighted by Gasteiger charge is -2.23. The number of benzene rings is 2. The monoisotopic (exact) mass is 344 g/mol. The van der Waals surface area contributed by atoms with Crippen LogP contribution in [0.5, 0.6) is 5.75 Å². The van der Waals surface area contributed by atoms with Crippen molar-refractivity contribution < 1.29 is 14.4 Å². The highest BCUT2D eigenvalue weighted by Crippen LogP contribution is 2.24. The number of aryl methyl sites for hydroxylation is 1. The second-order valence-corrected chi connectivity index (χ2v) is 5.33. The molecule has 2 aromatic rings. The van der Waals surface area contributed by atoms with Crippen molar-refractivity contribution in [3.8, 4) is 5.75 Å². The van der Waals surface area contributed by atoms with Crippen LogP contribution >= 0.6 is 12.2 Å². The summed E-state index contributed by atoms with van der Waals surface area (Å²) < 4.78 is 5.94. The van der Waals surface area contributed by atoms with Gasteiger partial charge in [-0.25, -0.2) is 5.06 Å². The SMILES string of the molecule is CON=CC(=S)N(OC)c1ccccc1COc1ccccc1C. The zero-order valence-corrected chi connectivity index (χ0v) is 14.7. The predicted molar refractivity (Wildman–Crippen MR) is 99.5 cm³/mol. The Bertz CT molecular complexity index is 719. The van der Waals surface area contributed by atoms with Crippen LogP contribution in [0.15, 0.2) is 53.7 Å². The van der Waals surface area contributed by atoms with E-state index in [0.717, 1.165) is 22.6 Å². The molecule has 0 radical (unpaired) electrons. The van der Waals surface area contributed by atoms with Crippen LogP contribution in [0.1, 0.15) is 11.1 Å². The van der Waals surface area contributed by atoms with Crippen molar-refractivity contribution in [1.29, 1.82) is 0 Å². The van der Waals surface area contributed by atoms with Gasteiger partial charge < -0.3 is 9.57 Å². The minimum absolute atomic E-state index is 0.377. The molecule has 0 unspecified atom stereocenters. The Balaban J connectivity index is 2.21.